The number of rotatable bonds is 1. The summed E-state index contributed by atoms with van der Waals surface area (Å²) >= 11 is 0. The molecule has 0 saturated heterocycles. The molecule has 0 spiro atoms. The Hall–Kier alpha value is -0.850. The third-order valence-corrected chi connectivity index (χ3v) is 1.62. The highest BCUT2D eigenvalue weighted by Crippen LogP contribution is 2.15. The maximum Gasteiger partial charge on any atom is 0.155 e. The Kier molecular flexibility index (Phi) is 2.43. The summed E-state index contributed by atoms with van der Waals surface area (Å²) < 4.78 is 0. The molecular weight excluding hydrogens is 124 g/mol. The van der Waals surface area contributed by atoms with Gasteiger partial charge in [0, 0.05) is 6.42 Å². The summed E-state index contributed by atoms with van der Waals surface area (Å²) in [4.78, 5) is 10.8. The van der Waals surface area contributed by atoms with Gasteiger partial charge in [0.1, 0.15) is 0 Å². The second kappa shape index (κ2) is 3.35. The predicted molar refractivity (Wildman–Crippen MR) is 41.8 cm³/mol. The average molecular weight is 136 g/mol. The van der Waals surface area contributed by atoms with Crippen molar-refractivity contribution in [2.45, 2.75) is 26.2 Å². The highest BCUT2D eigenvalue weighted by atomic mass is 16.1. The van der Waals surface area contributed by atoms with E-state index in [1.807, 2.05) is 19.1 Å². The largest absolute Gasteiger partial charge is 0.295 e. The van der Waals surface area contributed by atoms with Gasteiger partial charge in [0.05, 0.1) is 0 Å². The van der Waals surface area contributed by atoms with Crippen LogP contribution in [0.2, 0.25) is 0 Å². The fraction of sp³-hybridized carbons (Fsp3) is 0.444. The lowest BCUT2D eigenvalue weighted by Crippen LogP contribution is -2.00. The predicted octanol–water partition coefficient (Wildman–Crippen LogP) is 2.24. The van der Waals surface area contributed by atoms with E-state index >= 15 is 0 Å². The Morgan fingerprint density at radius 3 is 2.90 bits per heavy atom. The number of carbonyl (C=O) groups is 1. The van der Waals surface area contributed by atoms with E-state index < -0.39 is 0 Å². The molecule has 0 aromatic carbocycles. The second-order valence-corrected chi connectivity index (χ2v) is 2.54. The molecule has 0 bridgehead atoms. The Morgan fingerprint density at radius 1 is 1.50 bits per heavy atom. The van der Waals surface area contributed by atoms with E-state index in [4.69, 9.17) is 0 Å². The molecule has 1 nitrogen and oxygen atoms in total. The first-order valence-electron chi connectivity index (χ1n) is 3.69. The normalized spacial score (nSPS) is 19.7. The monoisotopic (exact) mass is 136 g/mol. The van der Waals surface area contributed by atoms with E-state index in [1.54, 1.807) is 6.08 Å². The standard InChI is InChI=1S/C9H12O/c1-2-4-8-5-3-6-9(10)7-8/h2,4,7H,3,5-6H2,1H3. The maximum atomic E-state index is 10.8. The molecule has 0 radical (unpaired) electrons. The van der Waals surface area contributed by atoms with Crippen molar-refractivity contribution in [3.8, 4) is 0 Å². The number of carbonyl (C=O) groups excluding carboxylic acids is 1. The Bertz CT molecular complexity index is 187. The van der Waals surface area contributed by atoms with Crippen molar-refractivity contribution in [1.29, 1.82) is 0 Å². The van der Waals surface area contributed by atoms with Crippen LogP contribution in [0.25, 0.3) is 0 Å². The number of hydrogen-bond acceptors (Lipinski definition) is 1. The van der Waals surface area contributed by atoms with Crippen molar-refractivity contribution in [1.82, 2.24) is 0 Å². The van der Waals surface area contributed by atoms with Crippen LogP contribution in [-0.2, 0) is 4.79 Å². The third kappa shape index (κ3) is 1.83. The van der Waals surface area contributed by atoms with Gasteiger partial charge in [-0.3, -0.25) is 4.79 Å². The molecule has 0 unspecified atom stereocenters. The summed E-state index contributed by atoms with van der Waals surface area (Å²) in [5.41, 5.74) is 1.18. The van der Waals surface area contributed by atoms with Crippen LogP contribution in [0.5, 0.6) is 0 Å². The van der Waals surface area contributed by atoms with Crippen molar-refractivity contribution in [3.05, 3.63) is 23.8 Å². The third-order valence-electron chi connectivity index (χ3n) is 1.62. The minimum absolute atomic E-state index is 0.277. The highest BCUT2D eigenvalue weighted by molar-refractivity contribution is 5.91. The lowest BCUT2D eigenvalue weighted by Gasteiger charge is -2.06. The average Bonchev–Trinajstić information content (AvgIpc) is 1.88. The van der Waals surface area contributed by atoms with Crippen LogP contribution in [0.15, 0.2) is 23.8 Å². The first-order valence-corrected chi connectivity index (χ1v) is 3.69. The van der Waals surface area contributed by atoms with Crippen LogP contribution >= 0.6 is 0 Å². The summed E-state index contributed by atoms with van der Waals surface area (Å²) in [5, 5.41) is 0. The molecule has 0 aromatic heterocycles. The van der Waals surface area contributed by atoms with Crippen molar-refractivity contribution >= 4 is 5.78 Å². The van der Waals surface area contributed by atoms with E-state index in [2.05, 4.69) is 0 Å². The van der Waals surface area contributed by atoms with Gasteiger partial charge in [0.15, 0.2) is 5.78 Å². The van der Waals surface area contributed by atoms with Crippen LogP contribution in [0.3, 0.4) is 0 Å². The fourth-order valence-electron chi connectivity index (χ4n) is 1.16. The molecule has 0 fully saturated rings. The summed E-state index contributed by atoms with van der Waals surface area (Å²) in [5.74, 6) is 0.277. The molecule has 54 valence electrons. The number of allylic oxidation sites excluding steroid dienone is 4. The van der Waals surface area contributed by atoms with E-state index in [0.717, 1.165) is 19.3 Å². The van der Waals surface area contributed by atoms with Gasteiger partial charge in [-0.1, -0.05) is 12.2 Å². The molecule has 1 heteroatoms. The smallest absolute Gasteiger partial charge is 0.155 e. The fourth-order valence-corrected chi connectivity index (χ4v) is 1.16. The zero-order chi connectivity index (χ0) is 7.40. The highest BCUT2D eigenvalue weighted by Gasteiger charge is 2.06. The molecule has 0 aromatic rings. The molecule has 1 aliphatic carbocycles. The van der Waals surface area contributed by atoms with Gasteiger partial charge in [-0.25, -0.2) is 0 Å². The lowest BCUT2D eigenvalue weighted by atomic mass is 9.98. The van der Waals surface area contributed by atoms with Gasteiger partial charge < -0.3 is 0 Å². The zero-order valence-electron chi connectivity index (χ0n) is 6.26. The van der Waals surface area contributed by atoms with Crippen molar-refractivity contribution in [2.24, 2.45) is 0 Å². The van der Waals surface area contributed by atoms with Crippen molar-refractivity contribution in [2.75, 3.05) is 0 Å². The topological polar surface area (TPSA) is 17.1 Å². The first-order chi connectivity index (χ1) is 4.83. The van der Waals surface area contributed by atoms with Gasteiger partial charge in [-0.05, 0) is 31.4 Å². The van der Waals surface area contributed by atoms with E-state index in [0.29, 0.717) is 0 Å². The summed E-state index contributed by atoms with van der Waals surface area (Å²) in [6.45, 7) is 1.97. The molecule has 0 N–H and O–H groups in total. The summed E-state index contributed by atoms with van der Waals surface area (Å²) in [7, 11) is 0. The second-order valence-electron chi connectivity index (χ2n) is 2.54. The number of hydrogen-bond donors (Lipinski definition) is 0. The summed E-state index contributed by atoms with van der Waals surface area (Å²) in [6.07, 6.45) is 8.57. The van der Waals surface area contributed by atoms with Crippen LogP contribution in [-0.4, -0.2) is 5.78 Å². The Labute approximate surface area is 61.4 Å². The minimum Gasteiger partial charge on any atom is -0.295 e. The van der Waals surface area contributed by atoms with Gasteiger partial charge >= 0.3 is 0 Å². The quantitative estimate of drug-likeness (QED) is 0.540. The van der Waals surface area contributed by atoms with E-state index in [9.17, 15) is 4.79 Å². The minimum atomic E-state index is 0.277. The van der Waals surface area contributed by atoms with Gasteiger partial charge in [-0.15, -0.1) is 0 Å². The van der Waals surface area contributed by atoms with E-state index in [1.165, 1.54) is 5.57 Å². The maximum absolute atomic E-state index is 10.8. The molecule has 1 aliphatic rings. The Balaban J connectivity index is 2.66. The lowest BCUT2D eigenvalue weighted by molar-refractivity contribution is -0.115. The van der Waals surface area contributed by atoms with Gasteiger partial charge in [-0.2, -0.15) is 0 Å². The molecule has 0 aliphatic heterocycles. The first kappa shape index (κ1) is 7.26. The molecule has 1 rings (SSSR count). The molecule has 10 heavy (non-hydrogen) atoms. The Morgan fingerprint density at radius 2 is 2.30 bits per heavy atom. The molecular formula is C9H12O. The summed E-state index contributed by atoms with van der Waals surface area (Å²) in [6, 6.07) is 0. The van der Waals surface area contributed by atoms with Crippen LogP contribution in [0.4, 0.5) is 0 Å². The van der Waals surface area contributed by atoms with Crippen LogP contribution in [0, 0.1) is 0 Å². The van der Waals surface area contributed by atoms with Crippen molar-refractivity contribution < 1.29 is 4.79 Å². The van der Waals surface area contributed by atoms with Crippen molar-refractivity contribution in [3.63, 3.8) is 0 Å². The molecule has 0 amide bonds. The zero-order valence-corrected chi connectivity index (χ0v) is 6.26. The van der Waals surface area contributed by atoms with Crippen LogP contribution < -0.4 is 0 Å². The van der Waals surface area contributed by atoms with Gasteiger partial charge in [0.2, 0.25) is 0 Å². The molecule has 0 saturated carbocycles. The van der Waals surface area contributed by atoms with Gasteiger partial charge in [0.25, 0.3) is 0 Å². The van der Waals surface area contributed by atoms with Crippen LogP contribution in [0.1, 0.15) is 26.2 Å². The SMILES string of the molecule is CC=CC1=CC(=O)CCC1. The molecule has 0 heterocycles. The number of ketones is 1. The molecule has 0 atom stereocenters. The van der Waals surface area contributed by atoms with E-state index in [-0.39, 0.29) is 5.78 Å².